The fourth-order valence-corrected chi connectivity index (χ4v) is 2.38. The Morgan fingerprint density at radius 2 is 1.91 bits per heavy atom. The number of alkyl halides is 5. The van der Waals surface area contributed by atoms with Gasteiger partial charge in [0.05, 0.1) is 5.56 Å². The van der Waals surface area contributed by atoms with Gasteiger partial charge in [0.25, 0.3) is 5.91 Å². The number of anilines is 1. The molecule has 0 aliphatic heterocycles. The van der Waals surface area contributed by atoms with Gasteiger partial charge in [-0.05, 0) is 29.6 Å². The normalized spacial score (nSPS) is 11.6. The summed E-state index contributed by atoms with van der Waals surface area (Å²) >= 11 is 0.765. The molecule has 0 atom stereocenters. The number of ether oxygens (including phenoxy) is 1. The number of nitrogens with one attached hydrogen (secondary N) is 1. The lowest BCUT2D eigenvalue weighted by Gasteiger charge is -2.11. The van der Waals surface area contributed by atoms with Crippen LogP contribution in [-0.4, -0.2) is 12.5 Å². The van der Waals surface area contributed by atoms with Gasteiger partial charge in [0.15, 0.2) is 0 Å². The van der Waals surface area contributed by atoms with Gasteiger partial charge in [0.2, 0.25) is 0 Å². The number of rotatable bonds is 4. The Hall–Kier alpha value is -2.23. The second-order valence-electron chi connectivity index (χ2n) is 4.14. The lowest BCUT2D eigenvalue weighted by Crippen LogP contribution is -2.14. The van der Waals surface area contributed by atoms with E-state index >= 15 is 0 Å². The van der Waals surface area contributed by atoms with Crippen molar-refractivity contribution in [3.05, 3.63) is 45.9 Å². The van der Waals surface area contributed by atoms with Crippen LogP contribution in [0, 0.1) is 5.82 Å². The number of hydrogen-bond donors (Lipinski definition) is 1. The molecule has 124 valence electrons. The number of amides is 1. The van der Waals surface area contributed by atoms with Crippen LogP contribution in [0.3, 0.4) is 0 Å². The maximum absolute atomic E-state index is 13.1. The fourth-order valence-electron chi connectivity index (χ4n) is 1.66. The van der Waals surface area contributed by atoms with E-state index in [-0.39, 0.29) is 10.6 Å². The zero-order chi connectivity index (χ0) is 17.2. The molecule has 0 fully saturated rings. The first-order valence-corrected chi connectivity index (χ1v) is 6.77. The molecule has 0 aliphatic carbocycles. The third-order valence-corrected chi connectivity index (χ3v) is 3.48. The van der Waals surface area contributed by atoms with Gasteiger partial charge in [-0.25, -0.2) is 4.39 Å². The fraction of sp³-hybridized carbons (Fsp3) is 0.154. The van der Waals surface area contributed by atoms with Gasteiger partial charge < -0.3 is 10.1 Å². The first-order valence-electron chi connectivity index (χ1n) is 5.89. The van der Waals surface area contributed by atoms with E-state index in [1.165, 1.54) is 5.38 Å². The molecule has 0 bridgehead atoms. The summed E-state index contributed by atoms with van der Waals surface area (Å²) in [5.41, 5.74) is -1.88. The summed E-state index contributed by atoms with van der Waals surface area (Å²) in [7, 11) is 0. The van der Waals surface area contributed by atoms with Crippen molar-refractivity contribution in [3.63, 3.8) is 0 Å². The number of benzene rings is 1. The molecule has 0 saturated carbocycles. The number of carbonyl (C=O) groups is 1. The number of hydrogen-bond acceptors (Lipinski definition) is 3. The van der Waals surface area contributed by atoms with E-state index in [1.807, 2.05) is 0 Å². The summed E-state index contributed by atoms with van der Waals surface area (Å²) < 4.78 is 79.4. The zero-order valence-corrected chi connectivity index (χ0v) is 11.8. The van der Waals surface area contributed by atoms with Gasteiger partial charge in [-0.2, -0.15) is 22.0 Å². The first kappa shape index (κ1) is 17.1. The van der Waals surface area contributed by atoms with Gasteiger partial charge in [0.1, 0.15) is 16.4 Å². The van der Waals surface area contributed by atoms with Gasteiger partial charge in [-0.1, -0.05) is 0 Å². The van der Waals surface area contributed by atoms with Crippen LogP contribution in [0.2, 0.25) is 0 Å². The van der Waals surface area contributed by atoms with Crippen LogP contribution in [0.1, 0.15) is 15.2 Å². The van der Waals surface area contributed by atoms with Gasteiger partial charge in [0, 0.05) is 5.69 Å². The minimum Gasteiger partial charge on any atom is -0.433 e. The molecule has 1 heterocycles. The standard InChI is InChI=1S/C13H7F6NO2S/c14-8-2-1-6(5-7(8)13(17,18)19)20-11(21)10-9(3-4-23-10)22-12(15)16/h1-5,12H,(H,20,21). The highest BCUT2D eigenvalue weighted by Crippen LogP contribution is 2.33. The Bertz CT molecular complexity index is 713. The summed E-state index contributed by atoms with van der Waals surface area (Å²) in [6.07, 6.45) is -4.93. The van der Waals surface area contributed by atoms with Crippen molar-refractivity contribution in [2.24, 2.45) is 0 Å². The van der Waals surface area contributed by atoms with Crippen molar-refractivity contribution in [1.29, 1.82) is 0 Å². The molecule has 10 heteroatoms. The van der Waals surface area contributed by atoms with Crippen LogP contribution in [0.5, 0.6) is 5.75 Å². The Morgan fingerprint density at radius 3 is 2.52 bits per heavy atom. The molecule has 0 saturated heterocycles. The highest BCUT2D eigenvalue weighted by molar-refractivity contribution is 7.12. The molecule has 1 N–H and O–H groups in total. The molecule has 2 aromatic rings. The smallest absolute Gasteiger partial charge is 0.419 e. The minimum atomic E-state index is -4.93. The molecule has 23 heavy (non-hydrogen) atoms. The van der Waals surface area contributed by atoms with Crippen LogP contribution >= 0.6 is 11.3 Å². The zero-order valence-electron chi connectivity index (χ0n) is 11.0. The molecule has 3 nitrogen and oxygen atoms in total. The molecule has 1 amide bonds. The Balaban J connectivity index is 2.23. The lowest BCUT2D eigenvalue weighted by molar-refractivity contribution is -0.139. The van der Waals surface area contributed by atoms with E-state index in [2.05, 4.69) is 10.1 Å². The molecule has 2 rings (SSSR count). The number of thiophene rings is 1. The van der Waals surface area contributed by atoms with Crippen LogP contribution in [0.4, 0.5) is 32.0 Å². The van der Waals surface area contributed by atoms with E-state index in [4.69, 9.17) is 0 Å². The van der Waals surface area contributed by atoms with E-state index in [0.717, 1.165) is 23.5 Å². The number of halogens is 6. The van der Waals surface area contributed by atoms with E-state index in [1.54, 1.807) is 0 Å². The van der Waals surface area contributed by atoms with E-state index in [9.17, 15) is 31.1 Å². The third kappa shape index (κ3) is 4.15. The molecule has 0 unspecified atom stereocenters. The third-order valence-electron chi connectivity index (χ3n) is 2.58. The molecule has 1 aromatic carbocycles. The quantitative estimate of drug-likeness (QED) is 0.803. The number of carbonyl (C=O) groups excluding carboxylic acids is 1. The average Bonchev–Trinajstić information content (AvgIpc) is 2.87. The van der Waals surface area contributed by atoms with Crippen molar-refractivity contribution in [1.82, 2.24) is 0 Å². The van der Waals surface area contributed by atoms with Crippen molar-refractivity contribution < 1.29 is 35.9 Å². The second kappa shape index (κ2) is 6.49. The van der Waals surface area contributed by atoms with Crippen LogP contribution in [-0.2, 0) is 6.18 Å². The lowest BCUT2D eigenvalue weighted by atomic mass is 10.2. The molecule has 0 spiro atoms. The highest BCUT2D eigenvalue weighted by atomic mass is 32.1. The van der Waals surface area contributed by atoms with Gasteiger partial charge >= 0.3 is 12.8 Å². The molecular formula is C13H7F6NO2S. The first-order chi connectivity index (χ1) is 10.7. The average molecular weight is 355 g/mol. The summed E-state index contributed by atoms with van der Waals surface area (Å²) in [6, 6.07) is 3.00. The highest BCUT2D eigenvalue weighted by Gasteiger charge is 2.34. The van der Waals surface area contributed by atoms with Crippen molar-refractivity contribution in [3.8, 4) is 5.75 Å². The summed E-state index contributed by atoms with van der Waals surface area (Å²) in [5, 5.41) is 3.38. The van der Waals surface area contributed by atoms with Gasteiger partial charge in [-0.3, -0.25) is 4.79 Å². The maximum Gasteiger partial charge on any atom is 0.419 e. The van der Waals surface area contributed by atoms with Crippen molar-refractivity contribution >= 4 is 22.9 Å². The summed E-state index contributed by atoms with van der Waals surface area (Å²) in [6.45, 7) is -3.15. The monoisotopic (exact) mass is 355 g/mol. The van der Waals surface area contributed by atoms with Gasteiger partial charge in [-0.15, -0.1) is 11.3 Å². The molecule has 0 aliphatic rings. The van der Waals surface area contributed by atoms with Crippen LogP contribution < -0.4 is 10.1 Å². The minimum absolute atomic E-state index is 0.247. The second-order valence-corrected chi connectivity index (χ2v) is 5.06. The Morgan fingerprint density at radius 1 is 1.22 bits per heavy atom. The predicted octanol–water partition coefficient (Wildman–Crippen LogP) is 4.76. The SMILES string of the molecule is O=C(Nc1ccc(F)c(C(F)(F)F)c1)c1sccc1OC(F)F. The maximum atomic E-state index is 13.1. The van der Waals surface area contributed by atoms with Crippen molar-refractivity contribution in [2.75, 3.05) is 5.32 Å². The molecule has 1 aromatic heterocycles. The predicted molar refractivity (Wildman–Crippen MR) is 70.3 cm³/mol. The topological polar surface area (TPSA) is 38.3 Å². The van der Waals surface area contributed by atoms with E-state index < -0.39 is 35.8 Å². The Labute approximate surface area is 129 Å². The summed E-state index contributed by atoms with van der Waals surface area (Å²) in [4.78, 5) is 11.7. The summed E-state index contributed by atoms with van der Waals surface area (Å²) in [5.74, 6) is -2.84. The molecule has 0 radical (unpaired) electrons. The van der Waals surface area contributed by atoms with Crippen LogP contribution in [0.15, 0.2) is 29.6 Å². The van der Waals surface area contributed by atoms with Crippen LogP contribution in [0.25, 0.3) is 0 Å². The van der Waals surface area contributed by atoms with Crippen molar-refractivity contribution in [2.45, 2.75) is 12.8 Å². The molecular weight excluding hydrogens is 348 g/mol. The Kier molecular flexibility index (Phi) is 4.83. The largest absolute Gasteiger partial charge is 0.433 e. The van der Waals surface area contributed by atoms with E-state index in [0.29, 0.717) is 12.1 Å².